The Morgan fingerprint density at radius 3 is 2.61 bits per heavy atom. The minimum Gasteiger partial charge on any atom is -0.482 e. The van der Waals surface area contributed by atoms with Crippen LogP contribution < -0.4 is 4.74 Å². The van der Waals surface area contributed by atoms with E-state index in [-0.39, 0.29) is 35.8 Å². The Morgan fingerprint density at radius 2 is 1.90 bits per heavy atom. The zero-order valence-corrected chi connectivity index (χ0v) is 23.5. The molecule has 13 heteroatoms. The number of aromatic carboxylic acids is 1. The van der Waals surface area contributed by atoms with Gasteiger partial charge in [0.25, 0.3) is 5.91 Å². The van der Waals surface area contributed by atoms with Crippen molar-refractivity contribution in [2.24, 2.45) is 0 Å². The number of amides is 1. The Labute approximate surface area is 245 Å². The molecular weight excluding hydrogens is 573 g/mol. The molecule has 214 valence electrons. The molecule has 1 atom stereocenters. The number of carboxylic acid groups (broad SMARTS) is 1. The number of piperazine rings is 1. The Balaban J connectivity index is 1.07. The monoisotopic (exact) mass is 599 g/mol. The van der Waals surface area contributed by atoms with Crippen LogP contribution >= 0.6 is 23.2 Å². The van der Waals surface area contributed by atoms with E-state index in [1.807, 2.05) is 0 Å². The summed E-state index contributed by atoms with van der Waals surface area (Å²) < 4.78 is 19.0. The summed E-state index contributed by atoms with van der Waals surface area (Å²) in [7, 11) is 0. The third-order valence-corrected chi connectivity index (χ3v) is 7.82. The van der Waals surface area contributed by atoms with E-state index in [9.17, 15) is 14.7 Å². The fraction of sp³-hybridized carbons (Fsp3) is 0.357. The Bertz CT molecular complexity index is 1590. The van der Waals surface area contributed by atoms with Gasteiger partial charge in [-0.1, -0.05) is 23.2 Å². The van der Waals surface area contributed by atoms with Crippen LogP contribution in [-0.2, 0) is 24.4 Å². The van der Waals surface area contributed by atoms with Crippen molar-refractivity contribution in [3.63, 3.8) is 0 Å². The van der Waals surface area contributed by atoms with E-state index in [1.165, 1.54) is 6.20 Å². The van der Waals surface area contributed by atoms with Gasteiger partial charge in [0.1, 0.15) is 11.6 Å². The minimum atomic E-state index is -0.973. The molecule has 2 aliphatic heterocycles. The highest BCUT2D eigenvalue weighted by Crippen LogP contribution is 2.28. The first-order chi connectivity index (χ1) is 19.8. The molecule has 0 radical (unpaired) electrons. The number of imidazole rings is 1. The van der Waals surface area contributed by atoms with Gasteiger partial charge in [-0.05, 0) is 42.8 Å². The number of halogens is 2. The number of oxazole rings is 1. The highest BCUT2D eigenvalue weighted by molar-refractivity contribution is 6.35. The molecule has 6 rings (SSSR count). The van der Waals surface area contributed by atoms with Crippen molar-refractivity contribution in [2.75, 3.05) is 32.8 Å². The van der Waals surface area contributed by atoms with Crippen molar-refractivity contribution < 1.29 is 28.6 Å². The van der Waals surface area contributed by atoms with Crippen LogP contribution in [0.5, 0.6) is 5.75 Å². The second-order valence-electron chi connectivity index (χ2n) is 9.98. The van der Waals surface area contributed by atoms with Crippen LogP contribution in [0.3, 0.4) is 0 Å². The van der Waals surface area contributed by atoms with E-state index in [0.717, 1.165) is 29.9 Å². The molecule has 2 fully saturated rings. The molecule has 41 heavy (non-hydrogen) atoms. The number of carbonyl (C=O) groups is 2. The molecule has 1 N–H and O–H groups in total. The number of hydrogen-bond acceptors (Lipinski definition) is 8. The number of aromatic nitrogens is 3. The summed E-state index contributed by atoms with van der Waals surface area (Å²) in [5.41, 5.74) is 1.76. The molecule has 4 heterocycles. The van der Waals surface area contributed by atoms with E-state index in [0.29, 0.717) is 55.1 Å². The van der Waals surface area contributed by atoms with Crippen LogP contribution in [0, 0.1) is 0 Å². The van der Waals surface area contributed by atoms with Gasteiger partial charge in [-0.25, -0.2) is 14.8 Å². The van der Waals surface area contributed by atoms with Crippen molar-refractivity contribution >= 4 is 46.1 Å². The summed E-state index contributed by atoms with van der Waals surface area (Å²) in [6.07, 6.45) is 2.46. The van der Waals surface area contributed by atoms with Crippen molar-refractivity contribution in [2.45, 2.75) is 32.2 Å². The van der Waals surface area contributed by atoms with Gasteiger partial charge < -0.3 is 28.5 Å². The second-order valence-corrected chi connectivity index (χ2v) is 10.8. The highest BCUT2D eigenvalue weighted by Gasteiger charge is 2.27. The van der Waals surface area contributed by atoms with Crippen LogP contribution in [-0.4, -0.2) is 80.2 Å². The SMILES string of the molecule is O=C(O)c1ccc2nc(CN3CCN(C(=O)c4cnc(COc5ccc(Cl)cc5Cl)o4)CC3)n(C[C@@H]3CCO3)c2c1. The maximum absolute atomic E-state index is 13.1. The summed E-state index contributed by atoms with van der Waals surface area (Å²) in [5.74, 6) is 0.490. The number of benzene rings is 2. The molecule has 0 unspecified atom stereocenters. The molecule has 0 bridgehead atoms. The lowest BCUT2D eigenvalue weighted by molar-refractivity contribution is -0.0592. The van der Waals surface area contributed by atoms with Crippen molar-refractivity contribution in [1.82, 2.24) is 24.3 Å². The number of fused-ring (bicyclic) bond motifs is 1. The molecule has 11 nitrogen and oxygen atoms in total. The lowest BCUT2D eigenvalue weighted by atomic mass is 10.1. The third kappa shape index (κ3) is 6.03. The summed E-state index contributed by atoms with van der Waals surface area (Å²) >= 11 is 12.1. The van der Waals surface area contributed by atoms with Crippen LogP contribution in [0.25, 0.3) is 11.0 Å². The van der Waals surface area contributed by atoms with Gasteiger partial charge in [0.15, 0.2) is 6.61 Å². The Hall–Kier alpha value is -3.64. The first-order valence-corrected chi connectivity index (χ1v) is 14.0. The van der Waals surface area contributed by atoms with Crippen molar-refractivity contribution in [3.8, 4) is 5.75 Å². The maximum atomic E-state index is 13.1. The summed E-state index contributed by atoms with van der Waals surface area (Å²) in [6.45, 7) is 4.27. The van der Waals surface area contributed by atoms with E-state index < -0.39 is 5.97 Å². The number of carbonyl (C=O) groups excluding carboxylic acids is 1. The fourth-order valence-electron chi connectivity index (χ4n) is 4.93. The molecule has 2 aromatic carbocycles. The Morgan fingerprint density at radius 1 is 1.10 bits per heavy atom. The normalized spacial score (nSPS) is 17.5. The second kappa shape index (κ2) is 11.7. The smallest absolute Gasteiger partial charge is 0.335 e. The molecule has 2 aromatic heterocycles. The average Bonchev–Trinajstić information content (AvgIpc) is 3.54. The molecule has 4 aromatic rings. The van der Waals surface area contributed by atoms with Crippen molar-refractivity contribution in [3.05, 3.63) is 75.7 Å². The van der Waals surface area contributed by atoms with Gasteiger partial charge in [-0.15, -0.1) is 0 Å². The predicted octanol–water partition coefficient (Wildman–Crippen LogP) is 4.36. The highest BCUT2D eigenvalue weighted by atomic mass is 35.5. The molecule has 0 aliphatic carbocycles. The van der Waals surface area contributed by atoms with Crippen LogP contribution in [0.1, 0.15) is 39.0 Å². The zero-order chi connectivity index (χ0) is 28.5. The summed E-state index contributed by atoms with van der Waals surface area (Å²) in [4.78, 5) is 37.6. The largest absolute Gasteiger partial charge is 0.482 e. The fourth-order valence-corrected chi connectivity index (χ4v) is 5.40. The minimum absolute atomic E-state index is 0.0171. The number of rotatable bonds is 9. The number of hydrogen-bond donors (Lipinski definition) is 1. The van der Waals surface area contributed by atoms with Gasteiger partial charge in [0.05, 0.1) is 47.0 Å². The number of nitrogens with zero attached hydrogens (tertiary/aromatic N) is 5. The van der Waals surface area contributed by atoms with E-state index in [2.05, 4.69) is 14.5 Å². The molecule has 0 spiro atoms. The molecule has 2 aliphatic rings. The first kappa shape index (κ1) is 27.5. The molecule has 1 amide bonds. The molecular formula is C28H27Cl2N5O6. The van der Waals surface area contributed by atoms with Gasteiger partial charge in [-0.3, -0.25) is 9.69 Å². The van der Waals surface area contributed by atoms with Gasteiger partial charge >= 0.3 is 5.97 Å². The molecule has 0 saturated carbocycles. The summed E-state index contributed by atoms with van der Waals surface area (Å²) in [5, 5.41) is 10.3. The average molecular weight is 600 g/mol. The number of ether oxygens (including phenoxy) is 2. The van der Waals surface area contributed by atoms with E-state index >= 15 is 0 Å². The van der Waals surface area contributed by atoms with Crippen molar-refractivity contribution in [1.29, 1.82) is 0 Å². The van der Waals surface area contributed by atoms with Crippen LogP contribution in [0.2, 0.25) is 10.0 Å². The zero-order valence-electron chi connectivity index (χ0n) is 22.0. The maximum Gasteiger partial charge on any atom is 0.335 e. The standard InChI is InChI=1S/C28H27Cl2N5O6/c29-18-2-4-23(20(30)12-18)40-16-26-31-13-24(41-26)27(36)34-8-6-33(7-9-34)15-25-32-21-3-1-17(28(37)38)11-22(21)35(25)14-19-5-10-39-19/h1-4,11-13,19H,5-10,14-16H2,(H,37,38)/t19-/m0/s1. The lowest BCUT2D eigenvalue weighted by Crippen LogP contribution is -2.48. The van der Waals surface area contributed by atoms with Crippen LogP contribution in [0.4, 0.5) is 0 Å². The van der Waals surface area contributed by atoms with Gasteiger partial charge in [0, 0.05) is 37.8 Å². The quantitative estimate of drug-likeness (QED) is 0.299. The summed E-state index contributed by atoms with van der Waals surface area (Å²) in [6, 6.07) is 9.89. The van der Waals surface area contributed by atoms with Gasteiger partial charge in [-0.2, -0.15) is 0 Å². The Kier molecular flexibility index (Phi) is 7.85. The predicted molar refractivity (Wildman–Crippen MR) is 150 cm³/mol. The number of carboxylic acids is 1. The first-order valence-electron chi connectivity index (χ1n) is 13.2. The van der Waals surface area contributed by atoms with Crippen LogP contribution in [0.15, 0.2) is 47.0 Å². The topological polar surface area (TPSA) is 123 Å². The van der Waals surface area contributed by atoms with E-state index in [4.69, 9.17) is 42.1 Å². The van der Waals surface area contributed by atoms with Gasteiger partial charge in [0.2, 0.25) is 11.7 Å². The molecule has 2 saturated heterocycles. The third-order valence-electron chi connectivity index (χ3n) is 7.29. The van der Waals surface area contributed by atoms with E-state index in [1.54, 1.807) is 41.3 Å². The lowest BCUT2D eigenvalue weighted by Gasteiger charge is -2.34.